The molecule has 0 atom stereocenters. The molecular formula is C9H14O6. The molecule has 15 heavy (non-hydrogen) atoms. The number of carboxylic acid groups (broad SMARTS) is 2. The SMILES string of the molecule is CC(=O)O.CC(=O)O.OC1=CCC(O)=C1. The van der Waals surface area contributed by atoms with Crippen LogP contribution in [0.4, 0.5) is 0 Å². The van der Waals surface area contributed by atoms with Crippen LogP contribution in [0.25, 0.3) is 0 Å². The lowest BCUT2D eigenvalue weighted by Crippen LogP contribution is -1.78. The second-order valence-corrected chi connectivity index (χ2v) is 2.51. The number of carboxylic acids is 2. The lowest BCUT2D eigenvalue weighted by atomic mass is 10.4. The molecule has 0 aromatic carbocycles. The van der Waals surface area contributed by atoms with E-state index in [0.29, 0.717) is 6.42 Å². The van der Waals surface area contributed by atoms with Crippen molar-refractivity contribution < 1.29 is 30.0 Å². The zero-order chi connectivity index (χ0) is 12.4. The summed E-state index contributed by atoms with van der Waals surface area (Å²) >= 11 is 0. The maximum Gasteiger partial charge on any atom is 0.300 e. The smallest absolute Gasteiger partial charge is 0.300 e. The minimum atomic E-state index is -0.833. The number of carbonyl (C=O) groups is 2. The zero-order valence-electron chi connectivity index (χ0n) is 8.47. The Labute approximate surface area is 86.8 Å². The Morgan fingerprint density at radius 2 is 1.47 bits per heavy atom. The van der Waals surface area contributed by atoms with Crippen molar-refractivity contribution in [3.05, 3.63) is 23.7 Å². The van der Waals surface area contributed by atoms with E-state index in [9.17, 15) is 0 Å². The fraction of sp³-hybridized carbons (Fsp3) is 0.333. The molecule has 0 aliphatic heterocycles. The van der Waals surface area contributed by atoms with Crippen molar-refractivity contribution in [1.82, 2.24) is 0 Å². The van der Waals surface area contributed by atoms with E-state index in [4.69, 9.17) is 30.0 Å². The van der Waals surface area contributed by atoms with Gasteiger partial charge >= 0.3 is 0 Å². The monoisotopic (exact) mass is 218 g/mol. The van der Waals surface area contributed by atoms with Crippen molar-refractivity contribution >= 4 is 11.9 Å². The van der Waals surface area contributed by atoms with Gasteiger partial charge in [-0.2, -0.15) is 0 Å². The summed E-state index contributed by atoms with van der Waals surface area (Å²) in [5.41, 5.74) is 0. The molecule has 1 aliphatic rings. The first-order chi connectivity index (χ1) is 6.75. The Morgan fingerprint density at radius 3 is 1.53 bits per heavy atom. The number of allylic oxidation sites excluding steroid dienone is 2. The van der Waals surface area contributed by atoms with E-state index in [1.807, 2.05) is 0 Å². The lowest BCUT2D eigenvalue weighted by molar-refractivity contribution is -0.135. The Kier molecular flexibility index (Phi) is 8.89. The van der Waals surface area contributed by atoms with E-state index in [0.717, 1.165) is 13.8 Å². The molecule has 0 unspecified atom stereocenters. The fourth-order valence-electron chi connectivity index (χ4n) is 0.498. The number of hydrogen-bond donors (Lipinski definition) is 4. The average molecular weight is 218 g/mol. The van der Waals surface area contributed by atoms with Crippen molar-refractivity contribution in [1.29, 1.82) is 0 Å². The van der Waals surface area contributed by atoms with Gasteiger partial charge in [0.25, 0.3) is 11.9 Å². The molecule has 0 saturated carbocycles. The fourth-order valence-corrected chi connectivity index (χ4v) is 0.498. The van der Waals surface area contributed by atoms with Crippen LogP contribution in [0.1, 0.15) is 20.3 Å². The Balaban J connectivity index is 0. The van der Waals surface area contributed by atoms with Gasteiger partial charge in [0.2, 0.25) is 0 Å². The second-order valence-electron chi connectivity index (χ2n) is 2.51. The lowest BCUT2D eigenvalue weighted by Gasteiger charge is -1.79. The minimum absolute atomic E-state index is 0.164. The van der Waals surface area contributed by atoms with Crippen LogP contribution in [-0.2, 0) is 9.59 Å². The summed E-state index contributed by atoms with van der Waals surface area (Å²) in [7, 11) is 0. The topological polar surface area (TPSA) is 115 Å². The molecule has 1 rings (SSSR count). The molecule has 0 heterocycles. The summed E-state index contributed by atoms with van der Waals surface area (Å²) < 4.78 is 0. The molecule has 0 bridgehead atoms. The van der Waals surface area contributed by atoms with E-state index in [1.165, 1.54) is 6.08 Å². The first kappa shape index (κ1) is 15.5. The molecule has 4 N–H and O–H groups in total. The van der Waals surface area contributed by atoms with Crippen molar-refractivity contribution in [3.63, 3.8) is 0 Å². The third-order valence-electron chi connectivity index (χ3n) is 0.835. The van der Waals surface area contributed by atoms with E-state index in [-0.39, 0.29) is 11.5 Å². The summed E-state index contributed by atoms with van der Waals surface area (Å²) in [6.07, 6.45) is 3.36. The highest BCUT2D eigenvalue weighted by atomic mass is 16.4. The predicted octanol–water partition coefficient (Wildman–Crippen LogP) is 1.46. The second kappa shape index (κ2) is 8.61. The van der Waals surface area contributed by atoms with Gasteiger partial charge in [-0.15, -0.1) is 0 Å². The molecule has 0 aromatic rings. The van der Waals surface area contributed by atoms with Crippen molar-refractivity contribution in [2.24, 2.45) is 0 Å². The van der Waals surface area contributed by atoms with E-state index >= 15 is 0 Å². The molecule has 0 aromatic heterocycles. The van der Waals surface area contributed by atoms with Crippen LogP contribution in [0.2, 0.25) is 0 Å². The maximum atomic E-state index is 9.00. The highest BCUT2D eigenvalue weighted by molar-refractivity contribution is 5.63. The minimum Gasteiger partial charge on any atom is -0.512 e. The summed E-state index contributed by atoms with van der Waals surface area (Å²) in [5.74, 6) is -1.27. The normalized spacial score (nSPS) is 12.1. The Hall–Kier alpha value is -1.98. The van der Waals surface area contributed by atoms with Crippen LogP contribution in [0.3, 0.4) is 0 Å². The average Bonchev–Trinajstić information content (AvgIpc) is 2.31. The molecular weight excluding hydrogens is 204 g/mol. The first-order valence-electron chi connectivity index (χ1n) is 3.93. The van der Waals surface area contributed by atoms with Crippen molar-refractivity contribution in [2.45, 2.75) is 20.3 Å². The standard InChI is InChI=1S/C5H6O2.2C2H4O2/c6-4-1-2-5(7)3-4;2*1-2(3)4/h1,3,6-7H,2H2;2*1H3,(H,3,4). The van der Waals surface area contributed by atoms with Gasteiger partial charge < -0.3 is 20.4 Å². The molecule has 0 amide bonds. The van der Waals surface area contributed by atoms with E-state index < -0.39 is 11.9 Å². The van der Waals surface area contributed by atoms with Gasteiger partial charge in [-0.3, -0.25) is 9.59 Å². The number of aliphatic hydroxyl groups is 2. The van der Waals surface area contributed by atoms with Gasteiger partial charge in [-0.05, 0) is 6.08 Å². The molecule has 1 aliphatic carbocycles. The van der Waals surface area contributed by atoms with Crippen molar-refractivity contribution in [3.8, 4) is 0 Å². The van der Waals surface area contributed by atoms with Crippen LogP contribution in [0.5, 0.6) is 0 Å². The predicted molar refractivity (Wildman–Crippen MR) is 52.7 cm³/mol. The summed E-state index contributed by atoms with van der Waals surface area (Å²) in [4.78, 5) is 18.0. The third kappa shape index (κ3) is 24.5. The molecule has 0 saturated heterocycles. The Bertz CT molecular complexity index is 256. The van der Waals surface area contributed by atoms with Gasteiger partial charge in [0.05, 0.1) is 5.76 Å². The van der Waals surface area contributed by atoms with Gasteiger partial charge in [0, 0.05) is 26.3 Å². The number of rotatable bonds is 0. The van der Waals surface area contributed by atoms with E-state index in [2.05, 4.69) is 0 Å². The van der Waals surface area contributed by atoms with Crippen LogP contribution in [-0.4, -0.2) is 32.4 Å². The highest BCUT2D eigenvalue weighted by Gasteiger charge is 1.99. The van der Waals surface area contributed by atoms with Gasteiger partial charge in [-0.25, -0.2) is 0 Å². The summed E-state index contributed by atoms with van der Waals surface area (Å²) in [5, 5.41) is 31.9. The summed E-state index contributed by atoms with van der Waals surface area (Å²) in [6, 6.07) is 0. The van der Waals surface area contributed by atoms with Gasteiger partial charge in [0.15, 0.2) is 0 Å². The Morgan fingerprint density at radius 1 is 1.13 bits per heavy atom. The van der Waals surface area contributed by atoms with Crippen LogP contribution in [0.15, 0.2) is 23.7 Å². The molecule has 0 fully saturated rings. The quantitative estimate of drug-likeness (QED) is 0.489. The number of aliphatic carboxylic acids is 2. The zero-order valence-corrected chi connectivity index (χ0v) is 8.47. The van der Waals surface area contributed by atoms with Crippen LogP contribution < -0.4 is 0 Å². The molecule has 6 heteroatoms. The largest absolute Gasteiger partial charge is 0.512 e. The third-order valence-corrected chi connectivity index (χ3v) is 0.835. The molecule has 0 spiro atoms. The first-order valence-corrected chi connectivity index (χ1v) is 3.93. The summed E-state index contributed by atoms with van der Waals surface area (Å²) in [6.45, 7) is 2.17. The van der Waals surface area contributed by atoms with Crippen LogP contribution in [0, 0.1) is 0 Å². The number of aliphatic hydroxyl groups excluding tert-OH is 2. The van der Waals surface area contributed by atoms with Gasteiger partial charge in [0.1, 0.15) is 5.76 Å². The van der Waals surface area contributed by atoms with Crippen LogP contribution >= 0.6 is 0 Å². The molecule has 0 radical (unpaired) electrons. The maximum absolute atomic E-state index is 9.00. The molecule has 6 nitrogen and oxygen atoms in total. The molecule has 86 valence electrons. The van der Waals surface area contributed by atoms with E-state index in [1.54, 1.807) is 6.08 Å². The highest BCUT2D eigenvalue weighted by Crippen LogP contribution is 2.10. The van der Waals surface area contributed by atoms with Crippen molar-refractivity contribution in [2.75, 3.05) is 0 Å². The van der Waals surface area contributed by atoms with Gasteiger partial charge in [-0.1, -0.05) is 0 Å². The number of hydrogen-bond acceptors (Lipinski definition) is 4.